The average molecular weight is 314 g/mol. The van der Waals surface area contributed by atoms with Crippen molar-refractivity contribution in [1.82, 2.24) is 0 Å². The molecule has 0 aliphatic rings. The largest absolute Gasteiger partial charge is 0.0620 e. The van der Waals surface area contributed by atoms with Crippen LogP contribution in [0.2, 0.25) is 0 Å². The molecule has 0 N–H and O–H groups in total. The molecule has 3 aromatic rings. The highest BCUT2D eigenvalue weighted by Crippen LogP contribution is 2.36. The summed E-state index contributed by atoms with van der Waals surface area (Å²) >= 11 is 0. The Balaban J connectivity index is 2.13. The maximum Gasteiger partial charge on any atom is 0.00698 e. The van der Waals surface area contributed by atoms with Crippen molar-refractivity contribution in [1.29, 1.82) is 0 Å². The summed E-state index contributed by atoms with van der Waals surface area (Å²) in [7, 11) is 0. The second kappa shape index (κ2) is 7.49. The molecule has 0 amide bonds. The van der Waals surface area contributed by atoms with Crippen LogP contribution in [-0.2, 0) is 12.8 Å². The van der Waals surface area contributed by atoms with Crippen molar-refractivity contribution < 1.29 is 0 Å². The summed E-state index contributed by atoms with van der Waals surface area (Å²) in [6.07, 6.45) is 2.14. The molecule has 0 aliphatic carbocycles. The van der Waals surface area contributed by atoms with Gasteiger partial charge in [0.1, 0.15) is 0 Å². The van der Waals surface area contributed by atoms with Crippen molar-refractivity contribution in [3.8, 4) is 11.1 Å². The average Bonchev–Trinajstić information content (AvgIpc) is 2.67. The Hall–Kier alpha value is -2.34. The van der Waals surface area contributed by atoms with Crippen LogP contribution < -0.4 is 0 Å². The first-order chi connectivity index (χ1) is 11.8. The summed E-state index contributed by atoms with van der Waals surface area (Å²) in [6, 6.07) is 26.5. The van der Waals surface area contributed by atoms with E-state index in [1.165, 1.54) is 33.4 Å². The Morgan fingerprint density at radius 3 is 1.75 bits per heavy atom. The lowest BCUT2D eigenvalue weighted by molar-refractivity contribution is 0.894. The molecule has 24 heavy (non-hydrogen) atoms. The van der Waals surface area contributed by atoms with Crippen LogP contribution >= 0.6 is 0 Å². The molecule has 0 spiro atoms. The third-order valence-corrected chi connectivity index (χ3v) is 5.02. The highest BCUT2D eigenvalue weighted by atomic mass is 14.2. The fourth-order valence-electron chi connectivity index (χ4n) is 3.66. The van der Waals surface area contributed by atoms with Gasteiger partial charge in [0.15, 0.2) is 0 Å². The molecule has 1 atom stereocenters. The van der Waals surface area contributed by atoms with Crippen LogP contribution in [0.3, 0.4) is 0 Å². The van der Waals surface area contributed by atoms with E-state index in [2.05, 4.69) is 93.6 Å². The lowest BCUT2D eigenvalue weighted by Crippen LogP contribution is -2.03. The fourth-order valence-corrected chi connectivity index (χ4v) is 3.66. The highest BCUT2D eigenvalue weighted by molar-refractivity contribution is 5.72. The Morgan fingerprint density at radius 1 is 0.583 bits per heavy atom. The predicted molar refractivity (Wildman–Crippen MR) is 105 cm³/mol. The maximum atomic E-state index is 2.34. The molecule has 0 aliphatic heterocycles. The molecule has 3 aromatic carbocycles. The van der Waals surface area contributed by atoms with Gasteiger partial charge in [-0.1, -0.05) is 93.6 Å². The van der Waals surface area contributed by atoms with Crippen LogP contribution in [0.5, 0.6) is 0 Å². The van der Waals surface area contributed by atoms with Gasteiger partial charge in [-0.05, 0) is 46.2 Å². The van der Waals surface area contributed by atoms with Crippen LogP contribution in [0.15, 0.2) is 72.8 Å². The minimum atomic E-state index is 0.391. The molecular weight excluding hydrogens is 288 g/mol. The lowest BCUT2D eigenvalue weighted by Gasteiger charge is -2.21. The standard InChI is InChI=1S/C24H26/c1-4-19-12-6-8-14-21(19)18(3)22-15-10-11-17-24(22)23-16-9-7-13-20(23)5-2/h6-18H,4-5H2,1-3H3. The SMILES string of the molecule is CCc1ccccc1-c1ccccc1C(C)c1ccccc1CC. The molecular formula is C24H26. The van der Waals surface area contributed by atoms with E-state index in [1.54, 1.807) is 0 Å². The summed E-state index contributed by atoms with van der Waals surface area (Å²) in [5.74, 6) is 0.391. The Kier molecular flexibility index (Phi) is 5.15. The molecule has 0 aromatic heterocycles. The zero-order valence-electron chi connectivity index (χ0n) is 14.9. The molecule has 3 rings (SSSR count). The molecule has 1 unspecified atom stereocenters. The number of aryl methyl sites for hydroxylation is 2. The van der Waals surface area contributed by atoms with E-state index >= 15 is 0 Å². The minimum Gasteiger partial charge on any atom is -0.0620 e. The Bertz CT molecular complexity index is 814. The van der Waals surface area contributed by atoms with E-state index in [0.717, 1.165) is 12.8 Å². The second-order valence-electron chi connectivity index (χ2n) is 6.37. The molecule has 0 radical (unpaired) electrons. The smallest absolute Gasteiger partial charge is 0.00698 e. The van der Waals surface area contributed by atoms with Gasteiger partial charge >= 0.3 is 0 Å². The van der Waals surface area contributed by atoms with Gasteiger partial charge in [0, 0.05) is 5.92 Å². The molecule has 0 heterocycles. The van der Waals surface area contributed by atoms with Crippen LogP contribution in [0.1, 0.15) is 48.9 Å². The van der Waals surface area contributed by atoms with Gasteiger partial charge in [0.2, 0.25) is 0 Å². The predicted octanol–water partition coefficient (Wildman–Crippen LogP) is 6.63. The normalized spacial score (nSPS) is 12.1. The van der Waals surface area contributed by atoms with Gasteiger partial charge in [0.25, 0.3) is 0 Å². The van der Waals surface area contributed by atoms with Crippen LogP contribution in [-0.4, -0.2) is 0 Å². The summed E-state index contributed by atoms with van der Waals surface area (Å²) in [5.41, 5.74) is 8.47. The van der Waals surface area contributed by atoms with Crippen molar-refractivity contribution >= 4 is 0 Å². The monoisotopic (exact) mass is 314 g/mol. The summed E-state index contributed by atoms with van der Waals surface area (Å²) < 4.78 is 0. The van der Waals surface area contributed by atoms with Crippen LogP contribution in [0.4, 0.5) is 0 Å². The molecule has 0 heteroatoms. The summed E-state index contributed by atoms with van der Waals surface area (Å²) in [5, 5.41) is 0. The van der Waals surface area contributed by atoms with Gasteiger partial charge in [-0.2, -0.15) is 0 Å². The third kappa shape index (κ3) is 3.14. The van der Waals surface area contributed by atoms with Gasteiger partial charge in [-0.15, -0.1) is 0 Å². The van der Waals surface area contributed by atoms with E-state index in [0.29, 0.717) is 5.92 Å². The van der Waals surface area contributed by atoms with E-state index in [4.69, 9.17) is 0 Å². The van der Waals surface area contributed by atoms with Gasteiger partial charge in [-0.3, -0.25) is 0 Å². The second-order valence-corrected chi connectivity index (χ2v) is 6.37. The minimum absolute atomic E-state index is 0.391. The first-order valence-electron chi connectivity index (χ1n) is 9.01. The first kappa shape index (κ1) is 16.5. The molecule has 122 valence electrons. The zero-order chi connectivity index (χ0) is 16.9. The highest BCUT2D eigenvalue weighted by Gasteiger charge is 2.16. The van der Waals surface area contributed by atoms with Crippen molar-refractivity contribution in [3.05, 3.63) is 95.1 Å². The maximum absolute atomic E-state index is 2.34. The lowest BCUT2D eigenvalue weighted by atomic mass is 9.83. The molecule has 0 saturated carbocycles. The van der Waals surface area contributed by atoms with Gasteiger partial charge in [0.05, 0.1) is 0 Å². The number of hydrogen-bond acceptors (Lipinski definition) is 0. The van der Waals surface area contributed by atoms with E-state index < -0.39 is 0 Å². The molecule has 0 bridgehead atoms. The first-order valence-corrected chi connectivity index (χ1v) is 9.01. The van der Waals surface area contributed by atoms with Gasteiger partial charge < -0.3 is 0 Å². The van der Waals surface area contributed by atoms with E-state index in [-0.39, 0.29) is 0 Å². The third-order valence-electron chi connectivity index (χ3n) is 5.02. The van der Waals surface area contributed by atoms with Crippen LogP contribution in [0.25, 0.3) is 11.1 Å². The topological polar surface area (TPSA) is 0 Å². The molecule has 0 nitrogen and oxygen atoms in total. The Labute approximate surface area is 146 Å². The van der Waals surface area contributed by atoms with Crippen LogP contribution in [0, 0.1) is 0 Å². The quantitative estimate of drug-likeness (QED) is 0.496. The van der Waals surface area contributed by atoms with Crippen molar-refractivity contribution in [2.45, 2.75) is 39.5 Å². The Morgan fingerprint density at radius 2 is 1.08 bits per heavy atom. The van der Waals surface area contributed by atoms with Crippen molar-refractivity contribution in [2.24, 2.45) is 0 Å². The van der Waals surface area contributed by atoms with Crippen molar-refractivity contribution in [3.63, 3.8) is 0 Å². The summed E-state index contributed by atoms with van der Waals surface area (Å²) in [4.78, 5) is 0. The summed E-state index contributed by atoms with van der Waals surface area (Å²) in [6.45, 7) is 6.81. The number of rotatable bonds is 5. The van der Waals surface area contributed by atoms with E-state index in [1.807, 2.05) is 0 Å². The molecule has 0 saturated heterocycles. The van der Waals surface area contributed by atoms with Crippen molar-refractivity contribution in [2.75, 3.05) is 0 Å². The van der Waals surface area contributed by atoms with Gasteiger partial charge in [-0.25, -0.2) is 0 Å². The fraction of sp³-hybridized carbons (Fsp3) is 0.250. The molecule has 0 fully saturated rings. The van der Waals surface area contributed by atoms with E-state index in [9.17, 15) is 0 Å². The number of hydrogen-bond donors (Lipinski definition) is 0. The number of benzene rings is 3. The zero-order valence-corrected chi connectivity index (χ0v) is 14.9.